The zero-order valence-electron chi connectivity index (χ0n) is 14.7. The van der Waals surface area contributed by atoms with Crippen molar-refractivity contribution < 1.29 is 27.8 Å². The van der Waals surface area contributed by atoms with Gasteiger partial charge in [0.15, 0.2) is 0 Å². The minimum absolute atomic E-state index is 0.0892. The number of ketones is 1. The van der Waals surface area contributed by atoms with Crippen LogP contribution < -0.4 is 4.74 Å². The zero-order valence-corrected chi connectivity index (χ0v) is 14.7. The Morgan fingerprint density at radius 3 is 2.22 bits per heavy atom. The third-order valence-corrected chi connectivity index (χ3v) is 3.57. The van der Waals surface area contributed by atoms with E-state index in [4.69, 9.17) is 4.74 Å². The fourth-order valence-electron chi connectivity index (χ4n) is 2.18. The highest BCUT2D eigenvalue weighted by atomic mass is 19.4. The van der Waals surface area contributed by atoms with Crippen LogP contribution in [0.25, 0.3) is 5.76 Å². The molecule has 0 saturated carbocycles. The van der Waals surface area contributed by atoms with Crippen LogP contribution in [0.15, 0.2) is 59.1 Å². The SMILES string of the molecule is CCOc1ccc(N=CC(C(=O)C(F)(F)F)=C(O)c2ccc(C)cc2)cc1. The summed E-state index contributed by atoms with van der Waals surface area (Å²) in [5.74, 6) is -2.37. The number of carbonyl (C=O) groups is 1. The first kappa shape index (κ1) is 20.2. The smallest absolute Gasteiger partial charge is 0.455 e. The van der Waals surface area contributed by atoms with Crippen molar-refractivity contribution in [1.29, 1.82) is 0 Å². The molecule has 4 nitrogen and oxygen atoms in total. The number of aliphatic hydroxyl groups excluding tert-OH is 1. The van der Waals surface area contributed by atoms with Crippen molar-refractivity contribution in [3.63, 3.8) is 0 Å². The highest BCUT2D eigenvalue weighted by Crippen LogP contribution is 2.26. The second-order valence-electron chi connectivity index (χ2n) is 5.64. The van der Waals surface area contributed by atoms with E-state index >= 15 is 0 Å². The predicted molar refractivity (Wildman–Crippen MR) is 97.6 cm³/mol. The van der Waals surface area contributed by atoms with Crippen LogP contribution in [0.4, 0.5) is 18.9 Å². The molecule has 0 fully saturated rings. The molecule has 2 rings (SSSR count). The van der Waals surface area contributed by atoms with Gasteiger partial charge in [-0.05, 0) is 38.1 Å². The molecule has 2 aromatic rings. The van der Waals surface area contributed by atoms with Crippen molar-refractivity contribution in [2.75, 3.05) is 6.61 Å². The Hall–Kier alpha value is -3.09. The molecule has 27 heavy (non-hydrogen) atoms. The van der Waals surface area contributed by atoms with E-state index in [2.05, 4.69) is 4.99 Å². The highest BCUT2D eigenvalue weighted by molar-refractivity contribution is 6.20. The average Bonchev–Trinajstić information content (AvgIpc) is 2.63. The molecule has 7 heteroatoms. The molecule has 0 aromatic heterocycles. The minimum Gasteiger partial charge on any atom is -0.506 e. The summed E-state index contributed by atoms with van der Waals surface area (Å²) < 4.78 is 44.1. The van der Waals surface area contributed by atoms with Crippen LogP contribution in [0.1, 0.15) is 18.1 Å². The maximum atomic E-state index is 12.9. The number of aliphatic hydroxyl groups is 1. The molecule has 0 radical (unpaired) electrons. The van der Waals surface area contributed by atoms with E-state index in [1.54, 1.807) is 31.2 Å². The van der Waals surface area contributed by atoms with Gasteiger partial charge < -0.3 is 9.84 Å². The van der Waals surface area contributed by atoms with Crippen molar-refractivity contribution >= 4 is 23.4 Å². The van der Waals surface area contributed by atoms with Gasteiger partial charge in [-0.25, -0.2) is 0 Å². The lowest BCUT2D eigenvalue weighted by molar-refractivity contribution is -0.165. The van der Waals surface area contributed by atoms with E-state index in [-0.39, 0.29) is 5.56 Å². The first-order valence-corrected chi connectivity index (χ1v) is 8.11. The summed E-state index contributed by atoms with van der Waals surface area (Å²) in [5.41, 5.74) is 0.326. The van der Waals surface area contributed by atoms with Gasteiger partial charge in [-0.3, -0.25) is 9.79 Å². The lowest BCUT2D eigenvalue weighted by atomic mass is 10.0. The molecule has 1 N–H and O–H groups in total. The molecular weight excluding hydrogens is 359 g/mol. The van der Waals surface area contributed by atoms with E-state index in [9.17, 15) is 23.1 Å². The van der Waals surface area contributed by atoms with Crippen LogP contribution in [-0.2, 0) is 4.79 Å². The second-order valence-corrected chi connectivity index (χ2v) is 5.64. The summed E-state index contributed by atoms with van der Waals surface area (Å²) in [7, 11) is 0. The van der Waals surface area contributed by atoms with E-state index in [1.807, 2.05) is 6.92 Å². The molecule has 0 bridgehead atoms. The quantitative estimate of drug-likeness (QED) is 0.428. The van der Waals surface area contributed by atoms with Gasteiger partial charge in [0.05, 0.1) is 17.9 Å². The molecule has 0 saturated heterocycles. The topological polar surface area (TPSA) is 58.9 Å². The number of allylic oxidation sites excluding steroid dienone is 1. The Kier molecular flexibility index (Phi) is 6.39. The lowest BCUT2D eigenvalue weighted by Gasteiger charge is -2.09. The van der Waals surface area contributed by atoms with Crippen LogP contribution in [0.5, 0.6) is 5.75 Å². The maximum Gasteiger partial charge on any atom is 0.455 e. The second kappa shape index (κ2) is 8.53. The number of alkyl halides is 3. The summed E-state index contributed by atoms with van der Waals surface area (Å²) in [6, 6.07) is 12.4. The molecule has 2 aromatic carbocycles. The largest absolute Gasteiger partial charge is 0.506 e. The Labute approximate surface area is 154 Å². The van der Waals surface area contributed by atoms with Gasteiger partial charge in [-0.15, -0.1) is 0 Å². The molecule has 0 aliphatic rings. The Bertz CT molecular complexity index is 852. The normalized spacial score (nSPS) is 12.8. The van der Waals surface area contributed by atoms with Gasteiger partial charge in [0.25, 0.3) is 5.78 Å². The molecule has 0 aliphatic heterocycles. The third-order valence-electron chi connectivity index (χ3n) is 3.57. The summed E-state index contributed by atoms with van der Waals surface area (Å²) in [6.07, 6.45) is -4.42. The van der Waals surface area contributed by atoms with Crippen LogP contribution in [0.2, 0.25) is 0 Å². The first-order chi connectivity index (χ1) is 12.7. The molecule has 0 amide bonds. The Balaban J connectivity index is 2.42. The number of ether oxygens (including phenoxy) is 1. The Morgan fingerprint density at radius 2 is 1.70 bits per heavy atom. The summed E-state index contributed by atoms with van der Waals surface area (Å²) in [6.45, 7) is 4.08. The van der Waals surface area contributed by atoms with E-state index in [1.165, 1.54) is 24.3 Å². The summed E-state index contributed by atoms with van der Waals surface area (Å²) in [4.78, 5) is 15.6. The lowest BCUT2D eigenvalue weighted by Crippen LogP contribution is -2.26. The maximum absolute atomic E-state index is 12.9. The number of nitrogens with zero attached hydrogens (tertiary/aromatic N) is 1. The van der Waals surface area contributed by atoms with E-state index in [0.29, 0.717) is 18.0 Å². The molecule has 142 valence electrons. The third kappa shape index (κ3) is 5.44. The molecule has 0 unspecified atom stereocenters. The zero-order chi connectivity index (χ0) is 20.0. The van der Waals surface area contributed by atoms with Gasteiger partial charge in [-0.1, -0.05) is 29.8 Å². The van der Waals surface area contributed by atoms with Crippen molar-refractivity contribution in [2.24, 2.45) is 4.99 Å². The van der Waals surface area contributed by atoms with Gasteiger partial charge in [0.1, 0.15) is 11.5 Å². The number of benzene rings is 2. The predicted octanol–water partition coefficient (Wildman–Crippen LogP) is 5.20. The highest BCUT2D eigenvalue weighted by Gasteiger charge is 2.41. The number of hydrogen-bond acceptors (Lipinski definition) is 4. The number of aryl methyl sites for hydroxylation is 1. The number of aliphatic imine (C=N–C) groups is 1. The molecule has 0 atom stereocenters. The van der Waals surface area contributed by atoms with Crippen molar-refractivity contribution in [2.45, 2.75) is 20.0 Å². The van der Waals surface area contributed by atoms with Crippen LogP contribution in [0.3, 0.4) is 0 Å². The molecule has 0 aliphatic carbocycles. The minimum atomic E-state index is -5.14. The van der Waals surface area contributed by atoms with Crippen molar-refractivity contribution in [3.05, 3.63) is 65.2 Å². The number of halogens is 3. The van der Waals surface area contributed by atoms with Gasteiger partial charge in [0, 0.05) is 11.8 Å². The summed E-state index contributed by atoms with van der Waals surface area (Å²) in [5, 5.41) is 10.2. The van der Waals surface area contributed by atoms with Gasteiger partial charge in [0.2, 0.25) is 0 Å². The van der Waals surface area contributed by atoms with Gasteiger partial charge >= 0.3 is 6.18 Å². The number of Topliss-reactive ketones (excluding diaryl/α,β-unsaturated/α-hetero) is 1. The fourth-order valence-corrected chi connectivity index (χ4v) is 2.18. The van der Waals surface area contributed by atoms with Crippen LogP contribution in [0, 0.1) is 6.92 Å². The number of hydrogen-bond donors (Lipinski definition) is 1. The van der Waals surface area contributed by atoms with Crippen LogP contribution in [-0.4, -0.2) is 29.9 Å². The van der Waals surface area contributed by atoms with Gasteiger partial charge in [-0.2, -0.15) is 13.2 Å². The number of rotatable bonds is 6. The number of carbonyl (C=O) groups excluding carboxylic acids is 1. The van der Waals surface area contributed by atoms with E-state index < -0.39 is 23.3 Å². The molecule has 0 spiro atoms. The standard InChI is InChI=1S/C20H18F3NO3/c1-3-27-16-10-8-15(9-11-16)24-12-17(19(26)20(21,22)23)18(25)14-6-4-13(2)5-7-14/h4-12,25H,3H2,1-2H3. The summed E-state index contributed by atoms with van der Waals surface area (Å²) >= 11 is 0. The average molecular weight is 377 g/mol. The van der Waals surface area contributed by atoms with Crippen molar-refractivity contribution in [3.8, 4) is 5.75 Å². The Morgan fingerprint density at radius 1 is 1.11 bits per heavy atom. The molecular formula is C20H18F3NO3. The van der Waals surface area contributed by atoms with Crippen LogP contribution >= 0.6 is 0 Å². The van der Waals surface area contributed by atoms with Crippen molar-refractivity contribution in [1.82, 2.24) is 0 Å². The fraction of sp³-hybridized carbons (Fsp3) is 0.200. The monoisotopic (exact) mass is 377 g/mol. The first-order valence-electron chi connectivity index (χ1n) is 8.11. The molecule has 0 heterocycles. The van der Waals surface area contributed by atoms with E-state index in [0.717, 1.165) is 11.8 Å².